The van der Waals surface area contributed by atoms with E-state index in [2.05, 4.69) is 14.9 Å². The molecule has 0 saturated heterocycles. The fourth-order valence-corrected chi connectivity index (χ4v) is 2.83. The Kier molecular flexibility index (Phi) is 5.86. The van der Waals surface area contributed by atoms with Gasteiger partial charge in [-0.25, -0.2) is 4.98 Å². The zero-order valence-electron chi connectivity index (χ0n) is 15.1. The molecule has 1 heterocycles. The maximum Gasteiger partial charge on any atom is 0.246 e. The standard InChI is InChI=1S/C20H23N3O3/c1-15-6-5-7-16(12-15)26-11-10-23-18-9-4-3-8-17(18)22-19(23)13-21-20(24)14-25-2/h3-9,12H,10-11,13-14H2,1-2H3,(H,21,24). The second kappa shape index (κ2) is 8.49. The lowest BCUT2D eigenvalue weighted by Crippen LogP contribution is -2.28. The molecular weight excluding hydrogens is 330 g/mol. The third-order valence-electron chi connectivity index (χ3n) is 4.03. The number of aromatic nitrogens is 2. The second-order valence-corrected chi connectivity index (χ2v) is 6.04. The van der Waals surface area contributed by atoms with Crippen molar-refractivity contribution in [3.63, 3.8) is 0 Å². The number of amides is 1. The first-order valence-corrected chi connectivity index (χ1v) is 8.56. The molecule has 1 aromatic heterocycles. The van der Waals surface area contributed by atoms with E-state index < -0.39 is 0 Å². The number of carbonyl (C=O) groups excluding carboxylic acids is 1. The van der Waals surface area contributed by atoms with Crippen molar-refractivity contribution >= 4 is 16.9 Å². The Morgan fingerprint density at radius 3 is 2.85 bits per heavy atom. The van der Waals surface area contributed by atoms with Crippen molar-refractivity contribution in [1.82, 2.24) is 14.9 Å². The van der Waals surface area contributed by atoms with Gasteiger partial charge in [-0.15, -0.1) is 0 Å². The summed E-state index contributed by atoms with van der Waals surface area (Å²) in [6, 6.07) is 15.9. The van der Waals surface area contributed by atoms with Crippen LogP contribution in [-0.4, -0.2) is 35.8 Å². The molecule has 1 amide bonds. The number of methoxy groups -OCH3 is 1. The molecule has 0 aliphatic rings. The molecule has 0 aliphatic heterocycles. The highest BCUT2D eigenvalue weighted by Gasteiger charge is 2.11. The van der Waals surface area contributed by atoms with Crippen LogP contribution < -0.4 is 10.1 Å². The molecule has 0 unspecified atom stereocenters. The van der Waals surface area contributed by atoms with Crippen molar-refractivity contribution in [1.29, 1.82) is 0 Å². The number of hydrogen-bond donors (Lipinski definition) is 1. The van der Waals surface area contributed by atoms with Gasteiger partial charge in [-0.3, -0.25) is 4.79 Å². The Hall–Kier alpha value is -2.86. The zero-order valence-corrected chi connectivity index (χ0v) is 15.1. The number of aryl methyl sites for hydroxylation is 1. The summed E-state index contributed by atoms with van der Waals surface area (Å²) >= 11 is 0. The molecule has 0 fully saturated rings. The molecule has 136 valence electrons. The van der Waals surface area contributed by atoms with Gasteiger partial charge >= 0.3 is 0 Å². The molecule has 0 spiro atoms. The van der Waals surface area contributed by atoms with Crippen LogP contribution in [0.15, 0.2) is 48.5 Å². The SMILES string of the molecule is COCC(=O)NCc1nc2ccccc2n1CCOc1cccc(C)c1. The summed E-state index contributed by atoms with van der Waals surface area (Å²) in [5.41, 5.74) is 3.09. The van der Waals surface area contributed by atoms with E-state index >= 15 is 0 Å². The van der Waals surface area contributed by atoms with E-state index in [4.69, 9.17) is 9.47 Å². The topological polar surface area (TPSA) is 65.4 Å². The van der Waals surface area contributed by atoms with Gasteiger partial charge < -0.3 is 19.4 Å². The van der Waals surface area contributed by atoms with Crippen LogP contribution in [0.2, 0.25) is 0 Å². The molecule has 3 rings (SSSR count). The molecular formula is C20H23N3O3. The van der Waals surface area contributed by atoms with Crippen molar-refractivity contribution in [2.75, 3.05) is 20.3 Å². The summed E-state index contributed by atoms with van der Waals surface area (Å²) < 4.78 is 12.8. The largest absolute Gasteiger partial charge is 0.492 e. The summed E-state index contributed by atoms with van der Waals surface area (Å²) in [4.78, 5) is 16.3. The van der Waals surface area contributed by atoms with E-state index in [0.29, 0.717) is 19.7 Å². The van der Waals surface area contributed by atoms with Crippen molar-refractivity contribution in [2.24, 2.45) is 0 Å². The first-order chi connectivity index (χ1) is 12.7. The number of nitrogens with one attached hydrogen (secondary N) is 1. The Balaban J connectivity index is 1.72. The number of rotatable bonds is 8. The van der Waals surface area contributed by atoms with E-state index in [0.717, 1.165) is 28.2 Å². The van der Waals surface area contributed by atoms with E-state index in [1.54, 1.807) is 0 Å². The molecule has 0 atom stereocenters. The molecule has 0 radical (unpaired) electrons. The van der Waals surface area contributed by atoms with E-state index in [-0.39, 0.29) is 12.5 Å². The Bertz CT molecular complexity index is 889. The first kappa shape index (κ1) is 17.9. The fourth-order valence-electron chi connectivity index (χ4n) is 2.83. The van der Waals surface area contributed by atoms with Crippen LogP contribution in [0.5, 0.6) is 5.75 Å². The number of ether oxygens (including phenoxy) is 2. The highest BCUT2D eigenvalue weighted by atomic mass is 16.5. The van der Waals surface area contributed by atoms with Crippen LogP contribution >= 0.6 is 0 Å². The molecule has 1 N–H and O–H groups in total. The number of benzene rings is 2. The predicted molar refractivity (Wildman–Crippen MR) is 100 cm³/mol. The average molecular weight is 353 g/mol. The Labute approximate surface area is 152 Å². The molecule has 26 heavy (non-hydrogen) atoms. The summed E-state index contributed by atoms with van der Waals surface area (Å²) in [5.74, 6) is 1.48. The number of carbonyl (C=O) groups is 1. The number of hydrogen-bond acceptors (Lipinski definition) is 4. The third-order valence-corrected chi connectivity index (χ3v) is 4.03. The van der Waals surface area contributed by atoms with Gasteiger partial charge in [0.15, 0.2) is 0 Å². The average Bonchev–Trinajstić information content (AvgIpc) is 2.98. The zero-order chi connectivity index (χ0) is 18.4. The second-order valence-electron chi connectivity index (χ2n) is 6.04. The van der Waals surface area contributed by atoms with Gasteiger partial charge in [0, 0.05) is 7.11 Å². The smallest absolute Gasteiger partial charge is 0.246 e. The highest BCUT2D eigenvalue weighted by Crippen LogP contribution is 2.17. The monoisotopic (exact) mass is 353 g/mol. The van der Waals surface area contributed by atoms with Gasteiger partial charge in [0.1, 0.15) is 24.8 Å². The molecule has 6 heteroatoms. The maximum atomic E-state index is 11.7. The molecule has 0 aliphatic carbocycles. The van der Waals surface area contributed by atoms with Crippen LogP contribution in [0.4, 0.5) is 0 Å². The molecule has 3 aromatic rings. The van der Waals surface area contributed by atoms with E-state index in [1.807, 2.05) is 55.5 Å². The molecule has 0 saturated carbocycles. The van der Waals surface area contributed by atoms with Crippen LogP contribution in [0.1, 0.15) is 11.4 Å². The minimum Gasteiger partial charge on any atom is -0.492 e. The molecule has 2 aromatic carbocycles. The lowest BCUT2D eigenvalue weighted by atomic mass is 10.2. The number of imidazole rings is 1. The highest BCUT2D eigenvalue weighted by molar-refractivity contribution is 5.78. The lowest BCUT2D eigenvalue weighted by molar-refractivity contribution is -0.124. The van der Waals surface area contributed by atoms with Crippen LogP contribution in [0.3, 0.4) is 0 Å². The first-order valence-electron chi connectivity index (χ1n) is 8.56. The number of nitrogens with zero attached hydrogens (tertiary/aromatic N) is 2. The maximum absolute atomic E-state index is 11.7. The fraction of sp³-hybridized carbons (Fsp3) is 0.300. The van der Waals surface area contributed by atoms with Gasteiger partial charge in [0.2, 0.25) is 5.91 Å². The van der Waals surface area contributed by atoms with Gasteiger partial charge in [-0.2, -0.15) is 0 Å². The summed E-state index contributed by atoms with van der Waals surface area (Å²) in [6.45, 7) is 3.59. The molecule has 6 nitrogen and oxygen atoms in total. The van der Waals surface area contributed by atoms with Gasteiger partial charge in [0.05, 0.1) is 24.1 Å². The van der Waals surface area contributed by atoms with Gasteiger partial charge in [0.25, 0.3) is 0 Å². The quantitative estimate of drug-likeness (QED) is 0.676. The third kappa shape index (κ3) is 4.40. The van der Waals surface area contributed by atoms with Crippen LogP contribution in [0, 0.1) is 6.92 Å². The number of para-hydroxylation sites is 2. The predicted octanol–water partition coefficient (Wildman–Crippen LogP) is 2.69. The number of fused-ring (bicyclic) bond motifs is 1. The minimum atomic E-state index is -0.165. The Morgan fingerprint density at radius 2 is 2.04 bits per heavy atom. The van der Waals surface area contributed by atoms with Crippen LogP contribution in [-0.2, 0) is 22.6 Å². The normalized spacial score (nSPS) is 10.8. The summed E-state index contributed by atoms with van der Waals surface area (Å²) in [6.07, 6.45) is 0. The van der Waals surface area contributed by atoms with Crippen molar-refractivity contribution in [3.8, 4) is 5.75 Å². The van der Waals surface area contributed by atoms with Crippen molar-refractivity contribution in [2.45, 2.75) is 20.0 Å². The van der Waals surface area contributed by atoms with E-state index in [1.165, 1.54) is 7.11 Å². The minimum absolute atomic E-state index is 0.0384. The van der Waals surface area contributed by atoms with Crippen molar-refractivity contribution in [3.05, 3.63) is 59.9 Å². The molecule has 0 bridgehead atoms. The van der Waals surface area contributed by atoms with Crippen LogP contribution in [0.25, 0.3) is 11.0 Å². The van der Waals surface area contributed by atoms with Crippen molar-refractivity contribution < 1.29 is 14.3 Å². The Morgan fingerprint density at radius 1 is 1.19 bits per heavy atom. The van der Waals surface area contributed by atoms with Gasteiger partial charge in [-0.1, -0.05) is 24.3 Å². The lowest BCUT2D eigenvalue weighted by Gasteiger charge is -2.12. The van der Waals surface area contributed by atoms with Gasteiger partial charge in [-0.05, 0) is 36.8 Å². The van der Waals surface area contributed by atoms with E-state index in [9.17, 15) is 4.79 Å². The summed E-state index contributed by atoms with van der Waals surface area (Å²) in [7, 11) is 1.50. The summed E-state index contributed by atoms with van der Waals surface area (Å²) in [5, 5.41) is 2.83.